The van der Waals surface area contributed by atoms with Crippen LogP contribution in [-0.2, 0) is 10.1 Å². The first-order chi connectivity index (χ1) is 9.38. The van der Waals surface area contributed by atoms with Crippen LogP contribution >= 0.6 is 0 Å². The Labute approximate surface area is 142 Å². The minimum absolute atomic E-state index is 0. The summed E-state index contributed by atoms with van der Waals surface area (Å²) in [6, 6.07) is 5.23. The Kier molecular flexibility index (Phi) is 5.87. The number of anilines is 3. The first-order valence-corrected chi connectivity index (χ1v) is 6.78. The van der Waals surface area contributed by atoms with E-state index in [1.54, 1.807) is 7.05 Å². The van der Waals surface area contributed by atoms with Crippen LogP contribution in [0.2, 0.25) is 0 Å². The van der Waals surface area contributed by atoms with E-state index in [1.807, 2.05) is 0 Å². The predicted molar refractivity (Wildman–Crippen MR) is 69.9 cm³/mol. The molecule has 2 rings (SSSR count). The molecule has 0 unspecified atom stereocenters. The number of hydrogen-bond acceptors (Lipinski definition) is 8. The van der Waals surface area contributed by atoms with E-state index in [0.717, 1.165) is 6.07 Å². The normalized spacial score (nSPS) is 10.6. The molecule has 21 heavy (non-hydrogen) atoms. The Morgan fingerprint density at radius 2 is 2.00 bits per heavy atom. The van der Waals surface area contributed by atoms with Gasteiger partial charge in [-0.25, -0.2) is 13.2 Å². The molecule has 0 atom stereocenters. The van der Waals surface area contributed by atoms with E-state index in [2.05, 4.69) is 25.6 Å². The molecule has 9 nitrogen and oxygen atoms in total. The van der Waals surface area contributed by atoms with Crippen LogP contribution in [0.5, 0.6) is 0 Å². The van der Waals surface area contributed by atoms with Crippen LogP contribution in [0.4, 0.5) is 17.6 Å². The largest absolute Gasteiger partial charge is 1.00 e. The van der Waals surface area contributed by atoms with Gasteiger partial charge < -0.3 is 15.2 Å². The number of H-pyrrole nitrogens is 1. The second-order valence-corrected chi connectivity index (χ2v) is 5.06. The van der Waals surface area contributed by atoms with Crippen LogP contribution in [0.25, 0.3) is 0 Å². The van der Waals surface area contributed by atoms with E-state index in [-0.39, 0.29) is 46.3 Å². The first kappa shape index (κ1) is 17.6. The maximum absolute atomic E-state index is 11.3. The molecular formula is C10H10N5NaO4S. The molecule has 0 amide bonds. The SMILES string of the molecule is CNc1nc(Nc2cccc(S(=O)(=O)[O-])c2)[nH]c(=O)n1.[Na+]. The van der Waals surface area contributed by atoms with Crippen LogP contribution in [-0.4, -0.2) is 35.0 Å². The fourth-order valence-corrected chi connectivity index (χ4v) is 1.94. The topological polar surface area (TPSA) is 140 Å². The standard InChI is InChI=1S/C10H11N5O4S.Na/c1-11-8-13-9(15-10(16)14-8)12-6-3-2-4-7(5-6)20(17,18)19;/h2-5H,1H3,(H,17,18,19)(H3,11,12,13,14,15,16);/q;+1/p-1. The molecule has 0 bridgehead atoms. The van der Waals surface area contributed by atoms with E-state index in [1.165, 1.54) is 18.2 Å². The summed E-state index contributed by atoms with van der Waals surface area (Å²) in [5.74, 6) is 0.165. The number of nitrogens with zero attached hydrogens (tertiary/aromatic N) is 2. The summed E-state index contributed by atoms with van der Waals surface area (Å²) < 4.78 is 32.7. The van der Waals surface area contributed by atoms with Gasteiger partial charge in [0.1, 0.15) is 10.1 Å². The summed E-state index contributed by atoms with van der Waals surface area (Å²) in [5, 5.41) is 5.28. The van der Waals surface area contributed by atoms with Crippen molar-refractivity contribution in [3.8, 4) is 0 Å². The van der Waals surface area contributed by atoms with E-state index in [9.17, 15) is 17.8 Å². The Balaban J connectivity index is 0.00000220. The van der Waals surface area contributed by atoms with Gasteiger partial charge in [0.25, 0.3) is 0 Å². The molecule has 11 heteroatoms. The quantitative estimate of drug-likeness (QED) is 0.397. The summed E-state index contributed by atoms with van der Waals surface area (Å²) >= 11 is 0. The zero-order chi connectivity index (χ0) is 14.8. The fourth-order valence-electron chi connectivity index (χ4n) is 1.42. The Bertz CT molecular complexity index is 792. The van der Waals surface area contributed by atoms with Crippen LogP contribution < -0.4 is 45.9 Å². The molecular weight excluding hydrogens is 309 g/mol. The molecule has 0 aliphatic carbocycles. The van der Waals surface area contributed by atoms with Crippen molar-refractivity contribution in [3.63, 3.8) is 0 Å². The molecule has 0 spiro atoms. The van der Waals surface area contributed by atoms with E-state index >= 15 is 0 Å². The molecule has 1 heterocycles. The number of hydrogen-bond donors (Lipinski definition) is 3. The van der Waals surface area contributed by atoms with Crippen LogP contribution in [0.15, 0.2) is 34.0 Å². The molecule has 1 aromatic heterocycles. The molecule has 0 fully saturated rings. The Morgan fingerprint density at radius 3 is 2.62 bits per heavy atom. The second kappa shape index (κ2) is 7.00. The van der Waals surface area contributed by atoms with Gasteiger partial charge in [0.15, 0.2) is 0 Å². The zero-order valence-electron chi connectivity index (χ0n) is 11.2. The molecule has 106 valence electrons. The first-order valence-electron chi connectivity index (χ1n) is 5.37. The summed E-state index contributed by atoms with van der Waals surface area (Å²) in [6.45, 7) is 0. The smallest absolute Gasteiger partial charge is 0.744 e. The number of rotatable bonds is 4. The third-order valence-corrected chi connectivity index (χ3v) is 3.09. The number of aromatic nitrogens is 3. The summed E-state index contributed by atoms with van der Waals surface area (Å²) in [5.41, 5.74) is -0.335. The van der Waals surface area contributed by atoms with Crippen molar-refractivity contribution < 1.29 is 42.5 Å². The summed E-state index contributed by atoms with van der Waals surface area (Å²) in [6.07, 6.45) is 0. The van der Waals surface area contributed by atoms with Crippen LogP contribution in [0, 0.1) is 0 Å². The Morgan fingerprint density at radius 1 is 1.29 bits per heavy atom. The minimum Gasteiger partial charge on any atom is -0.744 e. The van der Waals surface area contributed by atoms with Crippen molar-refractivity contribution in [2.24, 2.45) is 0 Å². The second-order valence-electron chi connectivity index (χ2n) is 3.68. The van der Waals surface area contributed by atoms with Crippen molar-refractivity contribution >= 4 is 27.7 Å². The maximum atomic E-state index is 11.3. The van der Waals surface area contributed by atoms with Gasteiger partial charge in [-0.05, 0) is 18.2 Å². The number of nitrogens with one attached hydrogen (secondary N) is 3. The minimum atomic E-state index is -4.55. The van der Waals surface area contributed by atoms with Crippen molar-refractivity contribution in [1.82, 2.24) is 15.0 Å². The molecule has 0 saturated heterocycles. The third-order valence-electron chi connectivity index (χ3n) is 2.26. The van der Waals surface area contributed by atoms with Gasteiger partial charge in [0, 0.05) is 12.7 Å². The predicted octanol–water partition coefficient (Wildman–Crippen LogP) is -3.14. The molecule has 0 aliphatic rings. The van der Waals surface area contributed by atoms with Crippen molar-refractivity contribution in [2.75, 3.05) is 17.7 Å². The van der Waals surface area contributed by atoms with Gasteiger partial charge >= 0.3 is 35.2 Å². The average molecular weight is 319 g/mol. The molecule has 0 radical (unpaired) electrons. The monoisotopic (exact) mass is 319 g/mol. The van der Waals surface area contributed by atoms with Crippen LogP contribution in [0.3, 0.4) is 0 Å². The van der Waals surface area contributed by atoms with Gasteiger partial charge in [0.05, 0.1) is 4.90 Å². The van der Waals surface area contributed by atoms with E-state index in [4.69, 9.17) is 0 Å². The van der Waals surface area contributed by atoms with E-state index in [0.29, 0.717) is 5.69 Å². The van der Waals surface area contributed by atoms with E-state index < -0.39 is 15.8 Å². The number of benzene rings is 1. The van der Waals surface area contributed by atoms with Crippen molar-refractivity contribution in [2.45, 2.75) is 4.90 Å². The van der Waals surface area contributed by atoms with Gasteiger partial charge in [-0.15, -0.1) is 0 Å². The molecule has 3 N–H and O–H groups in total. The maximum Gasteiger partial charge on any atom is 1.00 e. The van der Waals surface area contributed by atoms with Crippen molar-refractivity contribution in [1.29, 1.82) is 0 Å². The molecule has 0 aliphatic heterocycles. The van der Waals surface area contributed by atoms with Gasteiger partial charge in [0.2, 0.25) is 11.9 Å². The van der Waals surface area contributed by atoms with Crippen molar-refractivity contribution in [3.05, 3.63) is 34.7 Å². The van der Waals surface area contributed by atoms with Gasteiger partial charge in [-0.3, -0.25) is 4.98 Å². The number of aromatic amines is 1. The molecule has 1 aromatic carbocycles. The summed E-state index contributed by atoms with van der Waals surface area (Å²) in [7, 11) is -3.00. The van der Waals surface area contributed by atoms with Gasteiger partial charge in [-0.1, -0.05) is 6.07 Å². The Hall–Kier alpha value is -1.46. The molecule has 2 aromatic rings. The fraction of sp³-hybridized carbons (Fsp3) is 0.100. The summed E-state index contributed by atoms with van der Waals surface area (Å²) in [4.78, 5) is 20.7. The van der Waals surface area contributed by atoms with Gasteiger partial charge in [-0.2, -0.15) is 9.97 Å². The third kappa shape index (κ3) is 4.79. The zero-order valence-corrected chi connectivity index (χ0v) is 14.1. The molecule has 0 saturated carbocycles. The van der Waals surface area contributed by atoms with Crippen LogP contribution in [0.1, 0.15) is 0 Å². The average Bonchev–Trinajstić information content (AvgIpc) is 2.37.